The first-order valence-electron chi connectivity index (χ1n) is 5.99. The van der Waals surface area contributed by atoms with Crippen LogP contribution in [0.4, 0.5) is 11.5 Å². The Labute approximate surface area is 103 Å². The smallest absolute Gasteiger partial charge is 0.151 e. The van der Waals surface area contributed by atoms with Crippen molar-refractivity contribution in [1.82, 2.24) is 4.98 Å². The molecule has 17 heavy (non-hydrogen) atoms. The number of pyridine rings is 1. The second kappa shape index (κ2) is 4.53. The largest absolute Gasteiger partial charge is 0.396 e. The summed E-state index contributed by atoms with van der Waals surface area (Å²) in [4.78, 5) is 6.64. The summed E-state index contributed by atoms with van der Waals surface area (Å²) in [7, 11) is 1.76. The molecule has 1 aromatic rings. The molecule has 2 heterocycles. The van der Waals surface area contributed by atoms with Crippen LogP contribution in [-0.4, -0.2) is 31.8 Å². The normalized spacial score (nSPS) is 23.0. The van der Waals surface area contributed by atoms with Crippen molar-refractivity contribution in [1.29, 1.82) is 0 Å². The molecule has 0 amide bonds. The minimum Gasteiger partial charge on any atom is -0.396 e. The van der Waals surface area contributed by atoms with Gasteiger partial charge in [-0.1, -0.05) is 13.8 Å². The maximum absolute atomic E-state index is 5.97. The molecule has 0 radical (unpaired) electrons. The summed E-state index contributed by atoms with van der Waals surface area (Å²) in [6.07, 6.45) is 1.79. The predicted molar refractivity (Wildman–Crippen MR) is 70.0 cm³/mol. The van der Waals surface area contributed by atoms with Crippen LogP contribution in [0.3, 0.4) is 0 Å². The number of hydrogen-bond acceptors (Lipinski definition) is 4. The summed E-state index contributed by atoms with van der Waals surface area (Å²) in [5.74, 6) is 1.42. The quantitative estimate of drug-likeness (QED) is 0.867. The lowest BCUT2D eigenvalue weighted by Crippen LogP contribution is -2.26. The van der Waals surface area contributed by atoms with E-state index >= 15 is 0 Å². The molecule has 1 aromatic heterocycles. The van der Waals surface area contributed by atoms with Gasteiger partial charge in [-0.2, -0.15) is 0 Å². The summed E-state index contributed by atoms with van der Waals surface area (Å²) in [6.45, 7) is 7.27. The van der Waals surface area contributed by atoms with E-state index in [0.29, 0.717) is 5.92 Å². The Bertz CT molecular complexity index is 392. The standard InChI is InChI=1S/C13H21N3O/c1-13(2)9-16(7-10(13)8-17-3)12-11(14)5-4-6-15-12/h4-6,10H,7-9,14H2,1-3H3/t10-/m1/s1. The lowest BCUT2D eigenvalue weighted by Gasteiger charge is -2.24. The first kappa shape index (κ1) is 12.2. The number of ether oxygens (including phenoxy) is 1. The summed E-state index contributed by atoms with van der Waals surface area (Å²) in [5.41, 5.74) is 6.96. The van der Waals surface area contributed by atoms with E-state index in [4.69, 9.17) is 10.5 Å². The number of hydrogen-bond donors (Lipinski definition) is 1. The van der Waals surface area contributed by atoms with E-state index < -0.39 is 0 Å². The molecule has 1 fully saturated rings. The molecule has 1 aliphatic heterocycles. The molecule has 0 aromatic carbocycles. The summed E-state index contributed by atoms with van der Waals surface area (Å²) in [5, 5.41) is 0. The van der Waals surface area contributed by atoms with Crippen molar-refractivity contribution in [2.45, 2.75) is 13.8 Å². The van der Waals surface area contributed by atoms with E-state index in [-0.39, 0.29) is 5.41 Å². The first-order valence-corrected chi connectivity index (χ1v) is 5.99. The molecule has 1 atom stereocenters. The third kappa shape index (κ3) is 2.36. The molecule has 0 unspecified atom stereocenters. The Morgan fingerprint density at radius 3 is 3.00 bits per heavy atom. The molecule has 2 rings (SSSR count). The van der Waals surface area contributed by atoms with Gasteiger partial charge in [-0.3, -0.25) is 0 Å². The number of methoxy groups -OCH3 is 1. The van der Waals surface area contributed by atoms with E-state index in [1.807, 2.05) is 12.1 Å². The topological polar surface area (TPSA) is 51.4 Å². The zero-order chi connectivity index (χ0) is 12.5. The Balaban J connectivity index is 2.18. The van der Waals surface area contributed by atoms with Gasteiger partial charge in [0.05, 0.1) is 12.3 Å². The maximum atomic E-state index is 5.97. The molecule has 4 nitrogen and oxygen atoms in total. The van der Waals surface area contributed by atoms with Crippen LogP contribution in [0.2, 0.25) is 0 Å². The van der Waals surface area contributed by atoms with Crippen molar-refractivity contribution in [3.05, 3.63) is 18.3 Å². The fraction of sp³-hybridized carbons (Fsp3) is 0.615. The van der Waals surface area contributed by atoms with Gasteiger partial charge >= 0.3 is 0 Å². The number of nitrogen functional groups attached to an aromatic ring is 1. The van der Waals surface area contributed by atoms with E-state index in [2.05, 4.69) is 23.7 Å². The van der Waals surface area contributed by atoms with Gasteiger partial charge in [-0.25, -0.2) is 4.98 Å². The van der Waals surface area contributed by atoms with Crippen LogP contribution in [0.1, 0.15) is 13.8 Å². The average molecular weight is 235 g/mol. The molecule has 1 aliphatic rings. The first-order chi connectivity index (χ1) is 8.04. The molecule has 2 N–H and O–H groups in total. The highest BCUT2D eigenvalue weighted by atomic mass is 16.5. The van der Waals surface area contributed by atoms with Gasteiger partial charge in [-0.05, 0) is 17.5 Å². The van der Waals surface area contributed by atoms with Crippen LogP contribution in [0.15, 0.2) is 18.3 Å². The SMILES string of the molecule is COC[C@H]1CN(c2ncccc2N)CC1(C)C. The van der Waals surface area contributed by atoms with Gasteiger partial charge in [0.25, 0.3) is 0 Å². The minimum atomic E-state index is 0.236. The molecule has 0 bridgehead atoms. The third-order valence-electron chi connectivity index (χ3n) is 3.63. The Kier molecular flexibility index (Phi) is 3.24. The van der Waals surface area contributed by atoms with Crippen molar-refractivity contribution in [2.24, 2.45) is 11.3 Å². The van der Waals surface area contributed by atoms with E-state index in [1.54, 1.807) is 13.3 Å². The Morgan fingerprint density at radius 1 is 1.59 bits per heavy atom. The Hall–Kier alpha value is -1.29. The van der Waals surface area contributed by atoms with Crippen LogP contribution < -0.4 is 10.6 Å². The second-order valence-corrected chi connectivity index (χ2v) is 5.44. The van der Waals surface area contributed by atoms with E-state index in [0.717, 1.165) is 31.2 Å². The summed E-state index contributed by atoms with van der Waals surface area (Å²) in [6, 6.07) is 3.77. The van der Waals surface area contributed by atoms with Crippen LogP contribution in [0.5, 0.6) is 0 Å². The molecule has 0 spiro atoms. The van der Waals surface area contributed by atoms with Crippen LogP contribution in [-0.2, 0) is 4.74 Å². The van der Waals surface area contributed by atoms with Crippen molar-refractivity contribution in [3.63, 3.8) is 0 Å². The average Bonchev–Trinajstić information content (AvgIpc) is 2.56. The van der Waals surface area contributed by atoms with Gasteiger partial charge in [0.2, 0.25) is 0 Å². The highest BCUT2D eigenvalue weighted by molar-refractivity contribution is 5.62. The van der Waals surface area contributed by atoms with Crippen molar-refractivity contribution < 1.29 is 4.74 Å². The highest BCUT2D eigenvalue weighted by Gasteiger charge is 2.40. The molecular formula is C13H21N3O. The van der Waals surface area contributed by atoms with Crippen LogP contribution in [0.25, 0.3) is 0 Å². The van der Waals surface area contributed by atoms with Crippen molar-refractivity contribution in [2.75, 3.05) is 37.4 Å². The molecule has 0 saturated carbocycles. The Morgan fingerprint density at radius 2 is 2.35 bits per heavy atom. The van der Waals surface area contributed by atoms with Crippen molar-refractivity contribution >= 4 is 11.5 Å². The monoisotopic (exact) mass is 235 g/mol. The lowest BCUT2D eigenvalue weighted by molar-refractivity contribution is 0.112. The third-order valence-corrected chi connectivity index (χ3v) is 3.63. The molecule has 0 aliphatic carbocycles. The number of nitrogens with two attached hydrogens (primary N) is 1. The summed E-state index contributed by atoms with van der Waals surface area (Å²) < 4.78 is 5.30. The minimum absolute atomic E-state index is 0.236. The van der Waals surface area contributed by atoms with E-state index in [1.165, 1.54) is 0 Å². The second-order valence-electron chi connectivity index (χ2n) is 5.44. The highest BCUT2D eigenvalue weighted by Crippen LogP contribution is 2.38. The zero-order valence-electron chi connectivity index (χ0n) is 10.8. The van der Waals surface area contributed by atoms with Crippen molar-refractivity contribution in [3.8, 4) is 0 Å². The molecule has 1 saturated heterocycles. The number of aromatic nitrogens is 1. The van der Waals surface area contributed by atoms with Gasteiger partial charge in [0.15, 0.2) is 5.82 Å². The maximum Gasteiger partial charge on any atom is 0.151 e. The number of rotatable bonds is 3. The van der Waals surface area contributed by atoms with Crippen LogP contribution >= 0.6 is 0 Å². The zero-order valence-corrected chi connectivity index (χ0v) is 10.8. The fourth-order valence-electron chi connectivity index (χ4n) is 2.51. The summed E-state index contributed by atoms with van der Waals surface area (Å²) >= 11 is 0. The van der Waals surface area contributed by atoms with Gasteiger partial charge < -0.3 is 15.4 Å². The number of anilines is 2. The fourth-order valence-corrected chi connectivity index (χ4v) is 2.51. The molecular weight excluding hydrogens is 214 g/mol. The van der Waals surface area contributed by atoms with Gasteiger partial charge in [-0.15, -0.1) is 0 Å². The number of nitrogens with zero attached hydrogens (tertiary/aromatic N) is 2. The predicted octanol–water partition coefficient (Wildman–Crippen LogP) is 1.77. The van der Waals surface area contributed by atoms with E-state index in [9.17, 15) is 0 Å². The molecule has 94 valence electrons. The van der Waals surface area contributed by atoms with Crippen LogP contribution in [0, 0.1) is 11.3 Å². The molecule has 4 heteroatoms. The van der Waals surface area contributed by atoms with Gasteiger partial charge in [0.1, 0.15) is 0 Å². The van der Waals surface area contributed by atoms with Gasteiger partial charge in [0, 0.05) is 32.3 Å². The lowest BCUT2D eigenvalue weighted by atomic mass is 9.83.